The zero-order valence-electron chi connectivity index (χ0n) is 19.2. The Bertz CT molecular complexity index is 1010. The number of piperidine rings is 2. The summed E-state index contributed by atoms with van der Waals surface area (Å²) in [6.45, 7) is 4.45. The van der Waals surface area contributed by atoms with Gasteiger partial charge in [-0.15, -0.1) is 0 Å². The van der Waals surface area contributed by atoms with Crippen molar-refractivity contribution in [1.82, 2.24) is 15.1 Å². The van der Waals surface area contributed by atoms with Crippen LogP contribution in [0.25, 0.3) is 0 Å². The summed E-state index contributed by atoms with van der Waals surface area (Å²) in [4.78, 5) is 40.6. The van der Waals surface area contributed by atoms with Gasteiger partial charge < -0.3 is 14.9 Å². The third kappa shape index (κ3) is 3.41. The van der Waals surface area contributed by atoms with Crippen molar-refractivity contribution in [2.24, 2.45) is 5.41 Å². The number of aliphatic hydroxyl groups is 1. The summed E-state index contributed by atoms with van der Waals surface area (Å²) in [5.74, 6) is -1.79. The third-order valence-corrected chi connectivity index (χ3v) is 8.55. The third-order valence-electron chi connectivity index (χ3n) is 8.55. The van der Waals surface area contributed by atoms with E-state index in [-0.39, 0.29) is 42.0 Å². The topological polar surface area (TPSA) is 89.9 Å². The van der Waals surface area contributed by atoms with Crippen LogP contribution in [0.3, 0.4) is 0 Å². The number of hydrogen-bond donors (Lipinski definition) is 2. The Morgan fingerprint density at radius 2 is 1.91 bits per heavy atom. The Kier molecular flexibility index (Phi) is 5.56. The molecule has 0 radical (unpaired) electrons. The fourth-order valence-electron chi connectivity index (χ4n) is 6.64. The van der Waals surface area contributed by atoms with E-state index in [9.17, 15) is 19.5 Å². The van der Waals surface area contributed by atoms with E-state index in [0.717, 1.165) is 45.2 Å². The zero-order chi connectivity index (χ0) is 23.4. The molecule has 3 heterocycles. The van der Waals surface area contributed by atoms with Gasteiger partial charge in [-0.05, 0) is 38.3 Å². The highest BCUT2D eigenvalue weighted by molar-refractivity contribution is 6.05. The monoisotopic (exact) mass is 457 g/mol. The highest BCUT2D eigenvalue weighted by Gasteiger charge is 2.56. The lowest BCUT2D eigenvalue weighted by molar-refractivity contribution is -0.159. The second-order valence-corrected chi connectivity index (χ2v) is 10.2. The van der Waals surface area contributed by atoms with E-state index < -0.39 is 34.7 Å². The van der Waals surface area contributed by atoms with Crippen LogP contribution >= 0.6 is 0 Å². The number of likely N-dealkylation sites (tertiary alicyclic amines) is 1. The number of carbonyl (C=O) groups is 3. The lowest BCUT2D eigenvalue weighted by Crippen LogP contribution is -2.59. The quantitative estimate of drug-likeness (QED) is 0.681. The smallest absolute Gasteiger partial charge is 0.255 e. The van der Waals surface area contributed by atoms with Crippen LogP contribution in [0.2, 0.25) is 0 Å². The van der Waals surface area contributed by atoms with Gasteiger partial charge >= 0.3 is 0 Å². The molecule has 2 N–H and O–H groups in total. The van der Waals surface area contributed by atoms with Gasteiger partial charge in [-0.2, -0.15) is 0 Å². The number of fused-ring (bicyclic) bond motifs is 1. The van der Waals surface area contributed by atoms with Crippen molar-refractivity contribution in [2.45, 2.75) is 76.5 Å². The second-order valence-electron chi connectivity index (χ2n) is 10.2. The van der Waals surface area contributed by atoms with Gasteiger partial charge in [0.1, 0.15) is 17.5 Å². The maximum atomic E-state index is 16.1. The van der Waals surface area contributed by atoms with Crippen LogP contribution in [0, 0.1) is 11.2 Å². The SMILES string of the molecule is CCN1CC[C@](O)(c2ccc3c(c2F)CN(C2CCC(=O)NC2=O)C3=O)C2(CCCCC2)C1. The number of benzene rings is 1. The minimum Gasteiger partial charge on any atom is -0.384 e. The van der Waals surface area contributed by atoms with E-state index in [0.29, 0.717) is 13.0 Å². The van der Waals surface area contributed by atoms with Crippen LogP contribution in [0.5, 0.6) is 0 Å². The first-order valence-electron chi connectivity index (χ1n) is 12.2. The Labute approximate surface area is 193 Å². The van der Waals surface area contributed by atoms with Crippen molar-refractivity contribution in [3.63, 3.8) is 0 Å². The molecule has 3 amide bonds. The van der Waals surface area contributed by atoms with Crippen molar-refractivity contribution < 1.29 is 23.9 Å². The normalized spacial score (nSPS) is 30.0. The molecule has 1 spiro atoms. The summed E-state index contributed by atoms with van der Waals surface area (Å²) in [7, 11) is 0. The molecular weight excluding hydrogens is 425 g/mol. The lowest BCUT2D eigenvalue weighted by atomic mass is 9.57. The van der Waals surface area contributed by atoms with Crippen molar-refractivity contribution >= 4 is 17.7 Å². The van der Waals surface area contributed by atoms with E-state index in [2.05, 4.69) is 17.1 Å². The molecule has 2 atom stereocenters. The molecular formula is C25H32FN3O4. The highest BCUT2D eigenvalue weighted by atomic mass is 19.1. The van der Waals surface area contributed by atoms with E-state index in [1.165, 1.54) is 4.90 Å². The second kappa shape index (κ2) is 8.17. The molecule has 0 aromatic heterocycles. The van der Waals surface area contributed by atoms with E-state index in [1.807, 2.05) is 0 Å². The summed E-state index contributed by atoms with van der Waals surface area (Å²) < 4.78 is 16.1. The molecule has 1 aromatic carbocycles. The summed E-state index contributed by atoms with van der Waals surface area (Å²) in [6.07, 6.45) is 5.74. The molecule has 2 saturated heterocycles. The largest absolute Gasteiger partial charge is 0.384 e. The van der Waals surface area contributed by atoms with Crippen molar-refractivity contribution in [3.8, 4) is 0 Å². The van der Waals surface area contributed by atoms with Crippen LogP contribution in [0.1, 0.15) is 79.8 Å². The van der Waals surface area contributed by atoms with Gasteiger partial charge in [0.25, 0.3) is 5.91 Å². The molecule has 1 saturated carbocycles. The Morgan fingerprint density at radius 1 is 1.15 bits per heavy atom. The molecule has 3 aliphatic heterocycles. The van der Waals surface area contributed by atoms with E-state index in [4.69, 9.17) is 0 Å². The van der Waals surface area contributed by atoms with Gasteiger partial charge in [-0.3, -0.25) is 19.7 Å². The van der Waals surface area contributed by atoms with Gasteiger partial charge in [0.05, 0.1) is 6.54 Å². The van der Waals surface area contributed by atoms with Gasteiger partial charge in [-0.25, -0.2) is 4.39 Å². The molecule has 33 heavy (non-hydrogen) atoms. The van der Waals surface area contributed by atoms with E-state index in [1.54, 1.807) is 12.1 Å². The summed E-state index contributed by atoms with van der Waals surface area (Å²) in [5.41, 5.74) is -0.909. The zero-order valence-corrected chi connectivity index (χ0v) is 19.2. The average molecular weight is 458 g/mol. The van der Waals surface area contributed by atoms with Crippen LogP contribution < -0.4 is 5.32 Å². The first kappa shape index (κ1) is 22.5. The van der Waals surface area contributed by atoms with Gasteiger partial charge in [0.2, 0.25) is 11.8 Å². The Balaban J connectivity index is 1.50. The molecule has 5 rings (SSSR count). The maximum Gasteiger partial charge on any atom is 0.255 e. The predicted molar refractivity (Wildman–Crippen MR) is 119 cm³/mol. The predicted octanol–water partition coefficient (Wildman–Crippen LogP) is 2.45. The summed E-state index contributed by atoms with van der Waals surface area (Å²) in [5, 5.41) is 14.4. The molecule has 3 fully saturated rings. The molecule has 8 heteroatoms. The van der Waals surface area contributed by atoms with Crippen molar-refractivity contribution in [3.05, 3.63) is 34.6 Å². The first-order chi connectivity index (χ1) is 15.8. The van der Waals surface area contributed by atoms with Crippen LogP contribution in [-0.4, -0.2) is 58.3 Å². The van der Waals surface area contributed by atoms with E-state index >= 15 is 4.39 Å². The number of amides is 3. The number of hydrogen-bond acceptors (Lipinski definition) is 5. The van der Waals surface area contributed by atoms with Crippen molar-refractivity contribution in [1.29, 1.82) is 0 Å². The van der Waals surface area contributed by atoms with Crippen molar-refractivity contribution in [2.75, 3.05) is 19.6 Å². The number of imide groups is 1. The number of carbonyl (C=O) groups excluding carboxylic acids is 3. The fourth-order valence-corrected chi connectivity index (χ4v) is 6.64. The summed E-state index contributed by atoms with van der Waals surface area (Å²) in [6, 6.07) is 2.42. The molecule has 178 valence electrons. The average Bonchev–Trinajstić information content (AvgIpc) is 3.14. The van der Waals surface area contributed by atoms with Gasteiger partial charge in [0.15, 0.2) is 0 Å². The Hall–Kier alpha value is -2.32. The standard InChI is InChI=1S/C25H32FN3O4/c1-2-28-13-12-25(33,24(15-28)10-4-3-5-11-24)18-7-6-16-17(21(18)26)14-29(23(16)32)19-8-9-20(30)27-22(19)31/h6-7,19,33H,2-5,8-15H2,1H3,(H,27,30,31)/t19?,25-/m0/s1. The number of nitrogens with zero attached hydrogens (tertiary/aromatic N) is 2. The molecule has 7 nitrogen and oxygen atoms in total. The van der Waals surface area contributed by atoms with Gasteiger partial charge in [-0.1, -0.05) is 32.3 Å². The highest BCUT2D eigenvalue weighted by Crippen LogP contribution is 2.55. The number of rotatable bonds is 3. The van der Waals surface area contributed by atoms with Crippen LogP contribution in [0.15, 0.2) is 12.1 Å². The minimum absolute atomic E-state index is 0.0235. The fraction of sp³-hybridized carbons (Fsp3) is 0.640. The minimum atomic E-state index is -1.29. The van der Waals surface area contributed by atoms with Gasteiger partial charge in [0, 0.05) is 41.6 Å². The van der Waals surface area contributed by atoms with Crippen LogP contribution in [-0.2, 0) is 21.7 Å². The number of nitrogens with one attached hydrogen (secondary N) is 1. The molecule has 1 unspecified atom stereocenters. The molecule has 0 bridgehead atoms. The molecule has 4 aliphatic rings. The first-order valence-corrected chi connectivity index (χ1v) is 12.2. The number of halogens is 1. The molecule has 1 aromatic rings. The molecule has 1 aliphatic carbocycles. The maximum absolute atomic E-state index is 16.1. The summed E-state index contributed by atoms with van der Waals surface area (Å²) >= 11 is 0. The van der Waals surface area contributed by atoms with Crippen LogP contribution in [0.4, 0.5) is 4.39 Å². The Morgan fingerprint density at radius 3 is 2.61 bits per heavy atom. The lowest BCUT2D eigenvalue weighted by Gasteiger charge is -2.56.